The van der Waals surface area contributed by atoms with E-state index in [0.717, 1.165) is 36.9 Å². The number of rotatable bonds is 6. The number of hydrogen-bond acceptors (Lipinski definition) is 3. The van der Waals surface area contributed by atoms with Crippen molar-refractivity contribution in [1.82, 2.24) is 15.5 Å². The molecule has 0 spiro atoms. The van der Waals surface area contributed by atoms with Crippen molar-refractivity contribution in [2.45, 2.75) is 56.2 Å². The monoisotopic (exact) mass is 440 g/mol. The molecular formula is C16H33IN4S. The summed E-state index contributed by atoms with van der Waals surface area (Å²) in [5, 5.41) is 7.69. The lowest BCUT2D eigenvalue weighted by atomic mass is 9.94. The van der Waals surface area contributed by atoms with Gasteiger partial charge in [-0.05, 0) is 38.5 Å². The Kier molecular flexibility index (Phi) is 10.9. The molecule has 2 fully saturated rings. The lowest BCUT2D eigenvalue weighted by Gasteiger charge is -2.31. The lowest BCUT2D eigenvalue weighted by molar-refractivity contribution is 0.194. The van der Waals surface area contributed by atoms with Gasteiger partial charge in [0, 0.05) is 38.0 Å². The molecule has 1 atom stereocenters. The Bertz CT molecular complexity index is 315. The van der Waals surface area contributed by atoms with Crippen LogP contribution in [0.15, 0.2) is 4.99 Å². The first kappa shape index (κ1) is 20.4. The van der Waals surface area contributed by atoms with Crippen LogP contribution in [0.25, 0.3) is 0 Å². The van der Waals surface area contributed by atoms with E-state index >= 15 is 0 Å². The summed E-state index contributed by atoms with van der Waals surface area (Å²) in [6.45, 7) is 3.12. The first-order chi connectivity index (χ1) is 10.3. The summed E-state index contributed by atoms with van der Waals surface area (Å²) in [4.78, 5) is 6.85. The molecule has 1 heterocycles. The molecule has 2 aliphatic rings. The van der Waals surface area contributed by atoms with Crippen molar-refractivity contribution in [2.24, 2.45) is 4.99 Å². The molecule has 0 bridgehead atoms. The van der Waals surface area contributed by atoms with Crippen LogP contribution in [0.3, 0.4) is 0 Å². The Balaban J connectivity index is 0.00000242. The van der Waals surface area contributed by atoms with Gasteiger partial charge in [0.2, 0.25) is 0 Å². The van der Waals surface area contributed by atoms with Crippen LogP contribution in [-0.2, 0) is 0 Å². The van der Waals surface area contributed by atoms with Crippen molar-refractivity contribution in [3.05, 3.63) is 0 Å². The van der Waals surface area contributed by atoms with Crippen LogP contribution < -0.4 is 10.6 Å². The highest BCUT2D eigenvalue weighted by atomic mass is 127. The summed E-state index contributed by atoms with van der Waals surface area (Å²) < 4.78 is 0. The summed E-state index contributed by atoms with van der Waals surface area (Å²) in [5.74, 6) is 2.28. The summed E-state index contributed by atoms with van der Waals surface area (Å²) in [5.41, 5.74) is 0. The number of halogens is 1. The number of thioether (sulfide) groups is 1. The van der Waals surface area contributed by atoms with E-state index in [9.17, 15) is 0 Å². The highest BCUT2D eigenvalue weighted by Gasteiger charge is 2.18. The second-order valence-corrected chi connectivity index (χ2v) is 7.70. The molecule has 4 nitrogen and oxygen atoms in total. The second kappa shape index (κ2) is 11.8. The van der Waals surface area contributed by atoms with E-state index in [4.69, 9.17) is 0 Å². The van der Waals surface area contributed by atoms with Crippen molar-refractivity contribution >= 4 is 41.7 Å². The molecule has 0 radical (unpaired) electrons. The molecule has 1 unspecified atom stereocenters. The Morgan fingerprint density at radius 2 is 1.91 bits per heavy atom. The number of nitrogens with one attached hydrogen (secondary N) is 2. The lowest BCUT2D eigenvalue weighted by Crippen LogP contribution is -2.44. The first-order valence-corrected chi connectivity index (χ1v) is 9.61. The van der Waals surface area contributed by atoms with Gasteiger partial charge in [-0.3, -0.25) is 4.99 Å². The Labute approximate surface area is 157 Å². The van der Waals surface area contributed by atoms with E-state index in [-0.39, 0.29) is 24.0 Å². The minimum absolute atomic E-state index is 0. The minimum atomic E-state index is 0. The van der Waals surface area contributed by atoms with Crippen LogP contribution in [0.1, 0.15) is 44.9 Å². The van der Waals surface area contributed by atoms with Crippen LogP contribution >= 0.6 is 35.7 Å². The Morgan fingerprint density at radius 1 is 1.14 bits per heavy atom. The molecule has 0 aromatic carbocycles. The molecule has 0 aromatic rings. The molecule has 2 N–H and O–H groups in total. The van der Waals surface area contributed by atoms with Crippen LogP contribution in [0.4, 0.5) is 0 Å². The number of likely N-dealkylation sites (N-methyl/N-ethyl adjacent to an activating group) is 1. The smallest absolute Gasteiger partial charge is 0.191 e. The molecule has 0 amide bonds. The fourth-order valence-corrected chi connectivity index (χ4v) is 4.49. The van der Waals surface area contributed by atoms with E-state index in [1.54, 1.807) is 0 Å². The fraction of sp³-hybridized carbons (Fsp3) is 0.938. The highest BCUT2D eigenvalue weighted by Crippen LogP contribution is 2.25. The molecule has 6 heteroatoms. The standard InChI is InChI=1S/C16H32N4S.HI/c1-17-16(19-13-15-9-6-12-21-15)18-10-11-20(2)14-7-4-3-5-8-14;/h14-15H,3-13H2,1-2H3,(H2,17,18,19);1H. The van der Waals surface area contributed by atoms with Crippen LogP contribution in [0.2, 0.25) is 0 Å². The summed E-state index contributed by atoms with van der Waals surface area (Å²) >= 11 is 2.09. The van der Waals surface area contributed by atoms with Gasteiger partial charge in [-0.25, -0.2) is 0 Å². The van der Waals surface area contributed by atoms with E-state index in [1.165, 1.54) is 50.7 Å². The fourth-order valence-electron chi connectivity index (χ4n) is 3.29. The zero-order valence-corrected chi connectivity index (χ0v) is 17.3. The van der Waals surface area contributed by atoms with Gasteiger partial charge in [-0.2, -0.15) is 11.8 Å². The predicted molar refractivity (Wildman–Crippen MR) is 110 cm³/mol. The zero-order chi connectivity index (χ0) is 14.9. The van der Waals surface area contributed by atoms with Crippen molar-refractivity contribution in [2.75, 3.05) is 39.5 Å². The molecule has 130 valence electrons. The number of guanidine groups is 1. The summed E-state index contributed by atoms with van der Waals surface area (Å²) in [6.07, 6.45) is 9.72. The predicted octanol–water partition coefficient (Wildman–Crippen LogP) is 2.93. The molecular weight excluding hydrogens is 407 g/mol. The van der Waals surface area contributed by atoms with Crippen LogP contribution in [0.5, 0.6) is 0 Å². The van der Waals surface area contributed by atoms with Crippen LogP contribution in [-0.4, -0.2) is 61.6 Å². The average Bonchev–Trinajstić information content (AvgIpc) is 3.04. The maximum atomic E-state index is 4.33. The molecule has 1 saturated heterocycles. The average molecular weight is 440 g/mol. The van der Waals surface area contributed by atoms with Gasteiger partial charge in [-0.15, -0.1) is 24.0 Å². The van der Waals surface area contributed by atoms with E-state index in [0.29, 0.717) is 0 Å². The van der Waals surface area contributed by atoms with E-state index in [1.807, 2.05) is 7.05 Å². The van der Waals surface area contributed by atoms with E-state index in [2.05, 4.69) is 39.3 Å². The largest absolute Gasteiger partial charge is 0.355 e. The third-order valence-corrected chi connectivity index (χ3v) is 6.10. The summed E-state index contributed by atoms with van der Waals surface area (Å²) in [7, 11) is 4.13. The number of nitrogens with zero attached hydrogens (tertiary/aromatic N) is 2. The van der Waals surface area contributed by atoms with Crippen molar-refractivity contribution in [3.8, 4) is 0 Å². The topological polar surface area (TPSA) is 39.7 Å². The van der Waals surface area contributed by atoms with Crippen molar-refractivity contribution in [3.63, 3.8) is 0 Å². The number of hydrogen-bond donors (Lipinski definition) is 2. The molecule has 1 saturated carbocycles. The normalized spacial score (nSPS) is 23.4. The van der Waals surface area contributed by atoms with Gasteiger partial charge < -0.3 is 15.5 Å². The first-order valence-electron chi connectivity index (χ1n) is 8.56. The third kappa shape index (κ3) is 7.25. The van der Waals surface area contributed by atoms with Gasteiger partial charge >= 0.3 is 0 Å². The summed E-state index contributed by atoms with van der Waals surface area (Å²) in [6, 6.07) is 0.797. The quantitative estimate of drug-likeness (QED) is 0.379. The number of aliphatic imine (C=N–C) groups is 1. The minimum Gasteiger partial charge on any atom is -0.355 e. The molecule has 1 aliphatic carbocycles. The van der Waals surface area contributed by atoms with Gasteiger partial charge in [0.1, 0.15) is 0 Å². The molecule has 1 aliphatic heterocycles. The Hall–Kier alpha value is 0.310. The second-order valence-electron chi connectivity index (χ2n) is 6.29. The SMILES string of the molecule is CN=C(NCCN(C)C1CCCCC1)NCC1CCCS1.I. The molecule has 22 heavy (non-hydrogen) atoms. The van der Waals surface area contributed by atoms with Crippen molar-refractivity contribution in [1.29, 1.82) is 0 Å². The van der Waals surface area contributed by atoms with Crippen LogP contribution in [0, 0.1) is 0 Å². The zero-order valence-electron chi connectivity index (χ0n) is 14.1. The van der Waals surface area contributed by atoms with Gasteiger partial charge in [0.05, 0.1) is 0 Å². The van der Waals surface area contributed by atoms with Gasteiger partial charge in [0.25, 0.3) is 0 Å². The van der Waals surface area contributed by atoms with Gasteiger partial charge in [-0.1, -0.05) is 19.3 Å². The Morgan fingerprint density at radius 3 is 2.55 bits per heavy atom. The van der Waals surface area contributed by atoms with Gasteiger partial charge in [0.15, 0.2) is 5.96 Å². The molecule has 0 aromatic heterocycles. The molecule has 2 rings (SSSR count). The third-order valence-electron chi connectivity index (χ3n) is 4.70. The highest BCUT2D eigenvalue weighted by molar-refractivity contribution is 14.0. The van der Waals surface area contributed by atoms with E-state index < -0.39 is 0 Å². The maximum Gasteiger partial charge on any atom is 0.191 e. The van der Waals surface area contributed by atoms with Crippen molar-refractivity contribution < 1.29 is 0 Å². The maximum absolute atomic E-state index is 4.33.